The lowest BCUT2D eigenvalue weighted by molar-refractivity contribution is 0.00537. The van der Waals surface area contributed by atoms with E-state index >= 15 is 0 Å². The van der Waals surface area contributed by atoms with Crippen molar-refractivity contribution in [3.05, 3.63) is 24.0 Å². The summed E-state index contributed by atoms with van der Waals surface area (Å²) >= 11 is 0. The molecular formula is C12H16FN5O. The number of ether oxygens (including phenoxy) is 1. The van der Waals surface area contributed by atoms with Crippen molar-refractivity contribution in [1.82, 2.24) is 20.2 Å². The number of nitrogens with zero attached hydrogens (tertiary/aromatic N) is 4. The summed E-state index contributed by atoms with van der Waals surface area (Å²) in [5, 5.41) is 11.3. The Kier molecular flexibility index (Phi) is 3.48. The van der Waals surface area contributed by atoms with Crippen LogP contribution in [0.2, 0.25) is 0 Å². The normalized spacial score (nSPS) is 11.8. The van der Waals surface area contributed by atoms with Crippen LogP contribution in [0, 0.1) is 5.82 Å². The van der Waals surface area contributed by atoms with Crippen LogP contribution in [0.3, 0.4) is 0 Å². The number of hydrogen-bond acceptors (Lipinski definition) is 5. The number of aromatic nitrogens is 4. The molecule has 1 heterocycles. The molecule has 0 aliphatic carbocycles. The van der Waals surface area contributed by atoms with E-state index in [4.69, 9.17) is 10.5 Å². The van der Waals surface area contributed by atoms with E-state index in [1.807, 2.05) is 13.8 Å². The molecule has 0 bridgehead atoms. The van der Waals surface area contributed by atoms with Crippen molar-refractivity contribution in [3.8, 4) is 11.4 Å². The monoisotopic (exact) mass is 265 g/mol. The van der Waals surface area contributed by atoms with Crippen molar-refractivity contribution < 1.29 is 9.13 Å². The fourth-order valence-electron chi connectivity index (χ4n) is 1.64. The van der Waals surface area contributed by atoms with Gasteiger partial charge in [0.15, 0.2) is 5.82 Å². The van der Waals surface area contributed by atoms with E-state index in [0.29, 0.717) is 18.1 Å². The lowest BCUT2D eigenvalue weighted by Crippen LogP contribution is -2.30. The summed E-state index contributed by atoms with van der Waals surface area (Å²) in [4.78, 5) is 0. The summed E-state index contributed by atoms with van der Waals surface area (Å²) in [5.41, 5.74) is 5.94. The number of hydrogen-bond donors (Lipinski definition) is 1. The maximum atomic E-state index is 13.8. The van der Waals surface area contributed by atoms with E-state index in [2.05, 4.69) is 15.5 Å². The Morgan fingerprint density at radius 1 is 1.42 bits per heavy atom. The van der Waals surface area contributed by atoms with Crippen molar-refractivity contribution in [2.75, 3.05) is 12.8 Å². The van der Waals surface area contributed by atoms with Crippen LogP contribution in [0.4, 0.5) is 10.1 Å². The molecular weight excluding hydrogens is 249 g/mol. The van der Waals surface area contributed by atoms with Gasteiger partial charge in [0.05, 0.1) is 17.7 Å². The predicted octanol–water partition coefficient (Wildman–Crippen LogP) is 1.49. The van der Waals surface area contributed by atoms with Gasteiger partial charge in [-0.15, -0.1) is 5.10 Å². The van der Waals surface area contributed by atoms with Crippen LogP contribution in [0.15, 0.2) is 18.2 Å². The molecule has 0 radical (unpaired) electrons. The summed E-state index contributed by atoms with van der Waals surface area (Å²) in [7, 11) is 1.60. The third-order valence-electron chi connectivity index (χ3n) is 2.85. The highest BCUT2D eigenvalue weighted by molar-refractivity contribution is 5.61. The summed E-state index contributed by atoms with van der Waals surface area (Å²) in [6.45, 7) is 4.20. The number of nitrogen functional groups attached to an aromatic ring is 1. The molecule has 102 valence electrons. The first-order valence-electron chi connectivity index (χ1n) is 5.80. The van der Waals surface area contributed by atoms with Crippen molar-refractivity contribution in [2.45, 2.75) is 26.0 Å². The molecule has 0 fully saturated rings. The summed E-state index contributed by atoms with van der Waals surface area (Å²) in [5.74, 6) is -0.0876. The molecule has 0 saturated heterocycles. The standard InChI is InChI=1S/C12H16FN5O/c1-12(2,19-3)7-18-11(15-16-17-18)9-6-8(14)4-5-10(9)13/h4-6H,7,14H2,1-3H3. The van der Waals surface area contributed by atoms with Crippen LogP contribution < -0.4 is 5.73 Å². The lowest BCUT2D eigenvalue weighted by atomic mass is 10.1. The fourth-order valence-corrected chi connectivity index (χ4v) is 1.64. The van der Waals surface area contributed by atoms with Crippen molar-refractivity contribution in [2.24, 2.45) is 0 Å². The molecule has 1 aromatic carbocycles. The SMILES string of the molecule is COC(C)(C)Cn1nnnc1-c1cc(N)ccc1F. The molecule has 0 aliphatic rings. The average Bonchev–Trinajstić information content (AvgIpc) is 2.79. The lowest BCUT2D eigenvalue weighted by Gasteiger charge is -2.22. The minimum Gasteiger partial charge on any atom is -0.399 e. The van der Waals surface area contributed by atoms with Gasteiger partial charge in [-0.3, -0.25) is 0 Å². The highest BCUT2D eigenvalue weighted by Crippen LogP contribution is 2.23. The van der Waals surface area contributed by atoms with Crippen LogP contribution in [-0.2, 0) is 11.3 Å². The third-order valence-corrected chi connectivity index (χ3v) is 2.85. The van der Waals surface area contributed by atoms with Crippen LogP contribution in [0.25, 0.3) is 11.4 Å². The maximum Gasteiger partial charge on any atom is 0.185 e. The number of halogens is 1. The molecule has 0 atom stereocenters. The molecule has 7 heteroatoms. The largest absolute Gasteiger partial charge is 0.399 e. The van der Waals surface area contributed by atoms with E-state index in [1.165, 1.54) is 22.9 Å². The van der Waals surface area contributed by atoms with E-state index in [1.54, 1.807) is 7.11 Å². The Hall–Kier alpha value is -2.02. The molecule has 0 amide bonds. The zero-order valence-electron chi connectivity index (χ0n) is 11.1. The summed E-state index contributed by atoms with van der Waals surface area (Å²) in [6, 6.07) is 4.30. The van der Waals surface area contributed by atoms with Gasteiger partial charge in [-0.25, -0.2) is 9.07 Å². The van der Waals surface area contributed by atoms with Crippen LogP contribution in [0.1, 0.15) is 13.8 Å². The van der Waals surface area contributed by atoms with Gasteiger partial charge in [0.2, 0.25) is 0 Å². The average molecular weight is 265 g/mol. The molecule has 1 aromatic heterocycles. The number of anilines is 1. The van der Waals surface area contributed by atoms with Gasteiger partial charge in [-0.2, -0.15) is 0 Å². The molecule has 0 aliphatic heterocycles. The van der Waals surface area contributed by atoms with Gasteiger partial charge >= 0.3 is 0 Å². The van der Waals surface area contributed by atoms with Crippen molar-refractivity contribution >= 4 is 5.69 Å². The quantitative estimate of drug-likeness (QED) is 0.847. The zero-order chi connectivity index (χ0) is 14.0. The first kappa shape index (κ1) is 13.4. The Morgan fingerprint density at radius 2 is 2.16 bits per heavy atom. The molecule has 2 N–H and O–H groups in total. The fraction of sp³-hybridized carbons (Fsp3) is 0.417. The number of benzene rings is 1. The number of tetrazole rings is 1. The van der Waals surface area contributed by atoms with Crippen molar-refractivity contribution in [1.29, 1.82) is 0 Å². The molecule has 19 heavy (non-hydrogen) atoms. The highest BCUT2D eigenvalue weighted by atomic mass is 19.1. The van der Waals surface area contributed by atoms with Crippen molar-refractivity contribution in [3.63, 3.8) is 0 Å². The van der Waals surface area contributed by atoms with Gasteiger partial charge in [-0.1, -0.05) is 0 Å². The van der Waals surface area contributed by atoms with Gasteiger partial charge < -0.3 is 10.5 Å². The second-order valence-electron chi connectivity index (χ2n) is 4.86. The highest BCUT2D eigenvalue weighted by Gasteiger charge is 2.22. The van der Waals surface area contributed by atoms with E-state index in [9.17, 15) is 4.39 Å². The molecule has 0 spiro atoms. The Morgan fingerprint density at radius 3 is 2.84 bits per heavy atom. The zero-order valence-corrected chi connectivity index (χ0v) is 11.1. The number of rotatable bonds is 4. The Balaban J connectivity index is 2.42. The van der Waals surface area contributed by atoms with Gasteiger partial charge in [0, 0.05) is 12.8 Å². The molecule has 0 saturated carbocycles. The smallest absolute Gasteiger partial charge is 0.185 e. The van der Waals surface area contributed by atoms with Crippen LogP contribution in [0.5, 0.6) is 0 Å². The van der Waals surface area contributed by atoms with E-state index in [0.717, 1.165) is 0 Å². The van der Waals surface area contributed by atoms with Crippen LogP contribution >= 0.6 is 0 Å². The second kappa shape index (κ2) is 4.93. The molecule has 2 rings (SSSR count). The topological polar surface area (TPSA) is 78.8 Å². The Bertz CT molecular complexity index is 581. The third kappa shape index (κ3) is 2.87. The summed E-state index contributed by atoms with van der Waals surface area (Å²) < 4.78 is 20.7. The second-order valence-corrected chi connectivity index (χ2v) is 4.86. The maximum absolute atomic E-state index is 13.8. The minimum absolute atomic E-state index is 0.275. The van der Waals surface area contributed by atoms with E-state index < -0.39 is 11.4 Å². The first-order chi connectivity index (χ1) is 8.93. The number of nitrogens with two attached hydrogens (primary N) is 1. The number of methoxy groups -OCH3 is 1. The molecule has 2 aromatic rings. The van der Waals surface area contributed by atoms with Crippen LogP contribution in [-0.4, -0.2) is 32.9 Å². The molecule has 6 nitrogen and oxygen atoms in total. The first-order valence-corrected chi connectivity index (χ1v) is 5.80. The Labute approximate surface area is 110 Å². The van der Waals surface area contributed by atoms with Gasteiger partial charge in [-0.05, 0) is 42.5 Å². The predicted molar refractivity (Wildman–Crippen MR) is 68.7 cm³/mol. The summed E-state index contributed by atoms with van der Waals surface area (Å²) in [6.07, 6.45) is 0. The van der Waals surface area contributed by atoms with E-state index in [-0.39, 0.29) is 5.56 Å². The minimum atomic E-state index is -0.457. The van der Waals surface area contributed by atoms with Gasteiger partial charge in [0.1, 0.15) is 5.82 Å². The van der Waals surface area contributed by atoms with Gasteiger partial charge in [0.25, 0.3) is 0 Å². The molecule has 0 unspecified atom stereocenters.